The Labute approximate surface area is 57.3 Å². The van der Waals surface area contributed by atoms with E-state index < -0.39 is 6.23 Å². The van der Waals surface area contributed by atoms with Crippen LogP contribution in [-0.4, -0.2) is 17.9 Å². The van der Waals surface area contributed by atoms with Crippen molar-refractivity contribution in [2.24, 2.45) is 0 Å². The Morgan fingerprint density at radius 2 is 2.22 bits per heavy atom. The highest BCUT2D eigenvalue weighted by Gasteiger charge is 1.90. The maximum Gasteiger partial charge on any atom is 0.105 e. The van der Waals surface area contributed by atoms with Gasteiger partial charge in [-0.3, -0.25) is 5.32 Å². The molecule has 1 radical (unpaired) electrons. The molecule has 0 saturated carbocycles. The standard InChI is InChI=1S/C7H16NO/c1-3-4-5-6-8-7(2)9/h7-9H,2-6H2,1H3. The summed E-state index contributed by atoms with van der Waals surface area (Å²) in [4.78, 5) is 0. The number of aliphatic hydroxyl groups is 1. The van der Waals surface area contributed by atoms with Crippen molar-refractivity contribution in [2.75, 3.05) is 6.54 Å². The summed E-state index contributed by atoms with van der Waals surface area (Å²) in [6.07, 6.45) is 2.97. The van der Waals surface area contributed by atoms with E-state index in [1.54, 1.807) is 0 Å². The number of aliphatic hydroxyl groups excluding tert-OH is 1. The first-order chi connectivity index (χ1) is 4.27. The van der Waals surface area contributed by atoms with Crippen molar-refractivity contribution in [3.05, 3.63) is 6.92 Å². The molecule has 1 atom stereocenters. The molecular weight excluding hydrogens is 114 g/mol. The van der Waals surface area contributed by atoms with Crippen LogP contribution in [-0.2, 0) is 0 Å². The minimum atomic E-state index is -0.596. The van der Waals surface area contributed by atoms with E-state index in [9.17, 15) is 0 Å². The zero-order chi connectivity index (χ0) is 7.11. The second-order valence-corrected chi connectivity index (χ2v) is 2.18. The summed E-state index contributed by atoms with van der Waals surface area (Å²) >= 11 is 0. The number of hydrogen-bond donors (Lipinski definition) is 2. The van der Waals surface area contributed by atoms with Crippen molar-refractivity contribution in [2.45, 2.75) is 32.4 Å². The molecule has 2 nitrogen and oxygen atoms in total. The second kappa shape index (κ2) is 6.05. The molecule has 55 valence electrons. The lowest BCUT2D eigenvalue weighted by Crippen LogP contribution is -2.26. The first kappa shape index (κ1) is 8.92. The molecule has 0 aliphatic rings. The van der Waals surface area contributed by atoms with Gasteiger partial charge in [-0.2, -0.15) is 0 Å². The predicted molar refractivity (Wildman–Crippen MR) is 38.9 cm³/mol. The SMILES string of the molecule is [CH2]C(O)NCCCCC. The largest absolute Gasteiger partial charge is 0.379 e. The minimum Gasteiger partial charge on any atom is -0.379 e. The molecule has 0 heterocycles. The summed E-state index contributed by atoms with van der Waals surface area (Å²) in [6, 6.07) is 0. The van der Waals surface area contributed by atoms with Gasteiger partial charge in [-0.1, -0.05) is 19.8 Å². The van der Waals surface area contributed by atoms with Crippen LogP contribution in [0, 0.1) is 6.92 Å². The van der Waals surface area contributed by atoms with Crippen molar-refractivity contribution in [3.8, 4) is 0 Å². The van der Waals surface area contributed by atoms with Crippen LogP contribution < -0.4 is 5.32 Å². The third-order valence-electron chi connectivity index (χ3n) is 1.16. The topological polar surface area (TPSA) is 32.3 Å². The van der Waals surface area contributed by atoms with Crippen molar-refractivity contribution in [1.29, 1.82) is 0 Å². The van der Waals surface area contributed by atoms with Gasteiger partial charge in [-0.25, -0.2) is 0 Å². The first-order valence-electron chi connectivity index (χ1n) is 3.52. The lowest BCUT2D eigenvalue weighted by atomic mass is 10.2. The van der Waals surface area contributed by atoms with Gasteiger partial charge in [0, 0.05) is 0 Å². The van der Waals surface area contributed by atoms with Crippen LogP contribution in [0.1, 0.15) is 26.2 Å². The number of nitrogens with one attached hydrogen (secondary N) is 1. The molecule has 0 rings (SSSR count). The Morgan fingerprint density at radius 3 is 2.67 bits per heavy atom. The monoisotopic (exact) mass is 130 g/mol. The molecule has 0 amide bonds. The van der Waals surface area contributed by atoms with Crippen LogP contribution in [0.4, 0.5) is 0 Å². The Kier molecular flexibility index (Phi) is 5.99. The van der Waals surface area contributed by atoms with Gasteiger partial charge in [0.1, 0.15) is 6.23 Å². The van der Waals surface area contributed by atoms with E-state index in [0.717, 1.165) is 13.0 Å². The Bertz CT molecular complexity index is 54.9. The Hall–Kier alpha value is -0.0800. The van der Waals surface area contributed by atoms with Crippen LogP contribution in [0.2, 0.25) is 0 Å². The summed E-state index contributed by atoms with van der Waals surface area (Å²) in [5, 5.41) is 11.5. The summed E-state index contributed by atoms with van der Waals surface area (Å²) in [5.41, 5.74) is 0. The molecule has 0 aliphatic carbocycles. The number of hydrogen-bond acceptors (Lipinski definition) is 2. The fraction of sp³-hybridized carbons (Fsp3) is 0.857. The molecule has 1 unspecified atom stereocenters. The highest BCUT2D eigenvalue weighted by Crippen LogP contribution is 1.90. The van der Waals surface area contributed by atoms with Gasteiger partial charge >= 0.3 is 0 Å². The summed E-state index contributed by atoms with van der Waals surface area (Å²) in [7, 11) is 0. The molecule has 0 aromatic heterocycles. The van der Waals surface area contributed by atoms with E-state index in [1.807, 2.05) is 0 Å². The summed E-state index contributed by atoms with van der Waals surface area (Å²) < 4.78 is 0. The first-order valence-corrected chi connectivity index (χ1v) is 3.52. The molecular formula is C7H16NO. The molecule has 2 heteroatoms. The van der Waals surface area contributed by atoms with E-state index >= 15 is 0 Å². The second-order valence-electron chi connectivity index (χ2n) is 2.18. The van der Waals surface area contributed by atoms with Crippen LogP contribution >= 0.6 is 0 Å². The molecule has 2 N–H and O–H groups in total. The third kappa shape index (κ3) is 7.92. The zero-order valence-electron chi connectivity index (χ0n) is 6.06. The Balaban J connectivity index is 2.75. The van der Waals surface area contributed by atoms with Gasteiger partial charge in [-0.05, 0) is 19.9 Å². The van der Waals surface area contributed by atoms with Gasteiger partial charge in [-0.15, -0.1) is 0 Å². The van der Waals surface area contributed by atoms with Gasteiger partial charge in [0.2, 0.25) is 0 Å². The lowest BCUT2D eigenvalue weighted by Gasteiger charge is -2.04. The molecule has 0 bridgehead atoms. The van der Waals surface area contributed by atoms with Gasteiger partial charge in [0.25, 0.3) is 0 Å². The van der Waals surface area contributed by atoms with Crippen molar-refractivity contribution < 1.29 is 5.11 Å². The molecule has 0 fully saturated rings. The molecule has 0 aromatic rings. The third-order valence-corrected chi connectivity index (χ3v) is 1.16. The van der Waals surface area contributed by atoms with Gasteiger partial charge < -0.3 is 5.11 Å². The lowest BCUT2D eigenvalue weighted by molar-refractivity contribution is 0.181. The maximum atomic E-state index is 8.63. The van der Waals surface area contributed by atoms with Crippen molar-refractivity contribution >= 4 is 0 Å². The van der Waals surface area contributed by atoms with E-state index in [1.165, 1.54) is 12.8 Å². The fourth-order valence-corrected chi connectivity index (χ4v) is 0.644. The highest BCUT2D eigenvalue weighted by atomic mass is 16.3. The molecule has 0 spiro atoms. The van der Waals surface area contributed by atoms with E-state index in [4.69, 9.17) is 5.11 Å². The zero-order valence-corrected chi connectivity index (χ0v) is 6.06. The van der Waals surface area contributed by atoms with Crippen LogP contribution in [0.5, 0.6) is 0 Å². The quantitative estimate of drug-likeness (QED) is 0.428. The normalized spacial score (nSPS) is 13.7. The molecule has 0 aromatic carbocycles. The van der Waals surface area contributed by atoms with E-state index in [2.05, 4.69) is 19.2 Å². The average molecular weight is 130 g/mol. The fourth-order valence-electron chi connectivity index (χ4n) is 0.644. The number of unbranched alkanes of at least 4 members (excludes halogenated alkanes) is 2. The highest BCUT2D eigenvalue weighted by molar-refractivity contribution is 4.53. The van der Waals surface area contributed by atoms with Crippen LogP contribution in [0.25, 0.3) is 0 Å². The van der Waals surface area contributed by atoms with Gasteiger partial charge in [0.15, 0.2) is 0 Å². The maximum absolute atomic E-state index is 8.63. The average Bonchev–Trinajstić information content (AvgIpc) is 1.80. The van der Waals surface area contributed by atoms with Crippen molar-refractivity contribution in [3.63, 3.8) is 0 Å². The predicted octanol–water partition coefficient (Wildman–Crippen LogP) is 0.919. The van der Waals surface area contributed by atoms with Crippen LogP contribution in [0.3, 0.4) is 0 Å². The minimum absolute atomic E-state index is 0.596. The van der Waals surface area contributed by atoms with Crippen LogP contribution in [0.15, 0.2) is 0 Å². The molecule has 0 aliphatic heterocycles. The Morgan fingerprint density at radius 1 is 1.56 bits per heavy atom. The number of rotatable bonds is 5. The van der Waals surface area contributed by atoms with Gasteiger partial charge in [0.05, 0.1) is 0 Å². The smallest absolute Gasteiger partial charge is 0.105 e. The van der Waals surface area contributed by atoms with E-state index in [0.29, 0.717) is 0 Å². The summed E-state index contributed by atoms with van der Waals surface area (Å²) in [6.45, 7) is 6.41. The van der Waals surface area contributed by atoms with Crippen molar-refractivity contribution in [1.82, 2.24) is 5.32 Å². The molecule has 9 heavy (non-hydrogen) atoms. The molecule has 0 saturated heterocycles. The van der Waals surface area contributed by atoms with E-state index in [-0.39, 0.29) is 0 Å². The summed E-state index contributed by atoms with van der Waals surface area (Å²) in [5.74, 6) is 0.